The molecule has 1 saturated heterocycles. The van der Waals surface area contributed by atoms with Crippen molar-refractivity contribution < 1.29 is 18.4 Å². The Labute approximate surface area is 200 Å². The number of nitrogens with one attached hydrogen (secondary N) is 2. The zero-order valence-electron chi connectivity index (χ0n) is 18.1. The largest absolute Gasteiger partial charge is 0.375 e. The molecule has 9 nitrogen and oxygen atoms in total. The van der Waals surface area contributed by atoms with Gasteiger partial charge in [0.1, 0.15) is 5.52 Å². The summed E-state index contributed by atoms with van der Waals surface area (Å²) in [6, 6.07) is 13.4. The second-order valence-electron chi connectivity index (χ2n) is 8.24. The fourth-order valence-electron chi connectivity index (χ4n) is 3.92. The van der Waals surface area contributed by atoms with E-state index in [0.717, 1.165) is 9.20 Å². The summed E-state index contributed by atoms with van der Waals surface area (Å²) < 4.78 is 29.1. The summed E-state index contributed by atoms with van der Waals surface area (Å²) in [5.41, 5.74) is 0.717. The Hall–Kier alpha value is -2.18. The van der Waals surface area contributed by atoms with Crippen LogP contribution in [0, 0.1) is 5.92 Å². The number of hydrogen-bond acceptors (Lipinski definition) is 6. The summed E-state index contributed by atoms with van der Waals surface area (Å²) in [6.45, 7) is 3.27. The number of sulfonamides is 1. The van der Waals surface area contributed by atoms with Crippen LogP contribution >= 0.6 is 15.9 Å². The van der Waals surface area contributed by atoms with Gasteiger partial charge >= 0.3 is 5.69 Å². The fraction of sp³-hybridized carbons (Fsp3) is 0.409. The molecular weight excluding hydrogens is 512 g/mol. The van der Waals surface area contributed by atoms with E-state index in [1.807, 2.05) is 0 Å². The number of fused-ring (bicyclic) bond motifs is 1. The fourth-order valence-corrected chi connectivity index (χ4v) is 5.99. The summed E-state index contributed by atoms with van der Waals surface area (Å²) in [6.07, 6.45) is 0.191. The van der Waals surface area contributed by atoms with Gasteiger partial charge in [0.25, 0.3) is 0 Å². The number of H-pyrrole nitrogens is 1. The molecule has 0 spiro atoms. The van der Waals surface area contributed by atoms with Crippen molar-refractivity contribution in [3.63, 3.8) is 0 Å². The second kappa shape index (κ2) is 9.98. The van der Waals surface area contributed by atoms with Crippen LogP contribution in [-0.4, -0.2) is 59.5 Å². The smallest absolute Gasteiger partial charge is 0.359 e. The topological polar surface area (TPSA) is 117 Å². The Morgan fingerprint density at radius 2 is 1.94 bits per heavy atom. The predicted octanol–water partition coefficient (Wildman–Crippen LogP) is 1.92. The minimum atomic E-state index is -3.52. The molecule has 3 N–H and O–H groups in total. The standard InChI is InChI=1S/C22H27BrN4O5S/c1-15(21(28)32-27-20-8-3-2-7-19(20)25-22(27)29)24-14-16-9-11-26(12-10-16)33(30,31)18-6-4-5-17(23)13-18/h2-8,13,15-16,21,24,28H,9-12,14H2,1H3,(H,25,29)/t15-,21-/m1/s1. The molecule has 1 aliphatic rings. The van der Waals surface area contributed by atoms with E-state index < -0.39 is 28.0 Å². The Balaban J connectivity index is 1.29. The molecule has 0 bridgehead atoms. The minimum absolute atomic E-state index is 0.268. The number of aliphatic hydroxyl groups is 1. The van der Waals surface area contributed by atoms with Gasteiger partial charge in [0.15, 0.2) is 0 Å². The highest BCUT2D eigenvalue weighted by Gasteiger charge is 2.30. The number of piperidine rings is 1. The molecule has 1 aliphatic heterocycles. The lowest BCUT2D eigenvalue weighted by molar-refractivity contribution is -0.120. The summed E-state index contributed by atoms with van der Waals surface area (Å²) in [5.74, 6) is 0.268. The number of rotatable bonds is 8. The van der Waals surface area contributed by atoms with Gasteiger partial charge in [0.2, 0.25) is 16.3 Å². The van der Waals surface area contributed by atoms with Gasteiger partial charge in [-0.3, -0.25) is 0 Å². The molecule has 2 atom stereocenters. The number of benzene rings is 2. The van der Waals surface area contributed by atoms with Crippen molar-refractivity contribution >= 4 is 37.0 Å². The number of imidazole rings is 1. The average molecular weight is 539 g/mol. The van der Waals surface area contributed by atoms with Crippen LogP contribution in [0.15, 0.2) is 62.7 Å². The number of aromatic amines is 1. The van der Waals surface area contributed by atoms with Gasteiger partial charge in [0, 0.05) is 17.6 Å². The van der Waals surface area contributed by atoms with Gasteiger partial charge in [-0.25, -0.2) is 13.2 Å². The van der Waals surface area contributed by atoms with Crippen LogP contribution in [-0.2, 0) is 10.0 Å². The van der Waals surface area contributed by atoms with Crippen LogP contribution in [0.25, 0.3) is 11.0 Å². The van der Waals surface area contributed by atoms with Crippen LogP contribution in [0.3, 0.4) is 0 Å². The van der Waals surface area contributed by atoms with Crippen molar-refractivity contribution in [3.8, 4) is 0 Å². The van der Waals surface area contributed by atoms with Crippen molar-refractivity contribution in [1.82, 2.24) is 19.3 Å². The molecular formula is C22H27BrN4O5S. The Morgan fingerprint density at radius 3 is 2.67 bits per heavy atom. The molecule has 11 heteroatoms. The number of aromatic nitrogens is 2. The maximum atomic E-state index is 12.9. The van der Waals surface area contributed by atoms with Crippen molar-refractivity contribution in [3.05, 3.63) is 63.5 Å². The van der Waals surface area contributed by atoms with E-state index >= 15 is 0 Å². The first-order valence-corrected chi connectivity index (χ1v) is 13.0. The van der Waals surface area contributed by atoms with Crippen LogP contribution in [0.1, 0.15) is 19.8 Å². The number of aliphatic hydroxyl groups excluding tert-OH is 1. The molecule has 0 unspecified atom stereocenters. The van der Waals surface area contributed by atoms with Crippen molar-refractivity contribution in [1.29, 1.82) is 0 Å². The van der Waals surface area contributed by atoms with E-state index in [0.29, 0.717) is 43.5 Å². The van der Waals surface area contributed by atoms with E-state index in [4.69, 9.17) is 4.84 Å². The van der Waals surface area contributed by atoms with Gasteiger partial charge < -0.3 is 20.2 Å². The lowest BCUT2D eigenvalue weighted by atomic mass is 9.98. The van der Waals surface area contributed by atoms with E-state index in [-0.39, 0.29) is 10.8 Å². The molecule has 2 aromatic carbocycles. The molecule has 0 radical (unpaired) electrons. The molecule has 3 aromatic rings. The Morgan fingerprint density at radius 1 is 1.21 bits per heavy atom. The first-order valence-electron chi connectivity index (χ1n) is 10.8. The van der Waals surface area contributed by atoms with Gasteiger partial charge in [-0.15, -0.1) is 4.73 Å². The van der Waals surface area contributed by atoms with Gasteiger partial charge in [-0.2, -0.15) is 4.31 Å². The van der Waals surface area contributed by atoms with E-state index in [9.17, 15) is 18.3 Å². The lowest BCUT2D eigenvalue weighted by Gasteiger charge is -2.32. The van der Waals surface area contributed by atoms with Gasteiger partial charge in [-0.05, 0) is 62.6 Å². The molecule has 4 rings (SSSR count). The SMILES string of the molecule is C[C@@H](NCC1CCN(S(=O)(=O)c2cccc(Br)c2)CC1)[C@H](O)On1c(=O)[nH]c2ccccc21. The normalized spacial score (nSPS) is 17.8. The zero-order valence-corrected chi connectivity index (χ0v) is 20.5. The lowest BCUT2D eigenvalue weighted by Crippen LogP contribution is -2.48. The average Bonchev–Trinajstić information content (AvgIpc) is 3.12. The highest BCUT2D eigenvalue weighted by molar-refractivity contribution is 9.10. The first-order chi connectivity index (χ1) is 15.8. The maximum Gasteiger partial charge on any atom is 0.359 e. The maximum absolute atomic E-state index is 12.9. The van der Waals surface area contributed by atoms with Crippen LogP contribution in [0.5, 0.6) is 0 Å². The quantitative estimate of drug-likeness (QED) is 0.377. The van der Waals surface area contributed by atoms with Crippen LogP contribution in [0.2, 0.25) is 0 Å². The summed E-state index contributed by atoms with van der Waals surface area (Å²) >= 11 is 3.33. The Kier molecular flexibility index (Phi) is 7.25. The molecule has 178 valence electrons. The monoisotopic (exact) mass is 538 g/mol. The number of para-hydroxylation sites is 2. The zero-order chi connectivity index (χ0) is 23.6. The first kappa shape index (κ1) is 24.0. The number of nitrogens with zero attached hydrogens (tertiary/aromatic N) is 2. The second-order valence-corrected chi connectivity index (χ2v) is 11.1. The van der Waals surface area contributed by atoms with Gasteiger partial charge in [-0.1, -0.05) is 34.1 Å². The highest BCUT2D eigenvalue weighted by atomic mass is 79.9. The van der Waals surface area contributed by atoms with Crippen LogP contribution < -0.4 is 15.8 Å². The van der Waals surface area contributed by atoms with Crippen molar-refractivity contribution in [2.24, 2.45) is 5.92 Å². The van der Waals surface area contributed by atoms with Crippen molar-refractivity contribution in [2.45, 2.75) is 37.0 Å². The summed E-state index contributed by atoms with van der Waals surface area (Å²) in [7, 11) is -3.52. The molecule has 2 heterocycles. The minimum Gasteiger partial charge on any atom is -0.375 e. The molecule has 0 saturated carbocycles. The predicted molar refractivity (Wildman–Crippen MR) is 128 cm³/mol. The van der Waals surface area contributed by atoms with E-state index in [1.54, 1.807) is 55.5 Å². The third-order valence-corrected chi connectivity index (χ3v) is 8.31. The molecule has 33 heavy (non-hydrogen) atoms. The Bertz CT molecular complexity index is 1270. The molecule has 0 amide bonds. The van der Waals surface area contributed by atoms with Crippen molar-refractivity contribution in [2.75, 3.05) is 19.6 Å². The van der Waals surface area contributed by atoms with E-state index in [2.05, 4.69) is 26.2 Å². The summed E-state index contributed by atoms with van der Waals surface area (Å²) in [5, 5.41) is 13.7. The molecule has 1 aromatic heterocycles. The van der Waals surface area contributed by atoms with Crippen LogP contribution in [0.4, 0.5) is 0 Å². The highest BCUT2D eigenvalue weighted by Crippen LogP contribution is 2.25. The molecule has 1 fully saturated rings. The third-order valence-electron chi connectivity index (χ3n) is 5.93. The number of halogens is 1. The number of hydrogen-bond donors (Lipinski definition) is 3. The van der Waals surface area contributed by atoms with E-state index in [1.165, 1.54) is 4.31 Å². The van der Waals surface area contributed by atoms with Gasteiger partial charge in [0.05, 0.1) is 16.5 Å². The summed E-state index contributed by atoms with van der Waals surface area (Å²) in [4.78, 5) is 20.6. The third kappa shape index (κ3) is 5.33. The molecule has 0 aliphatic carbocycles.